The van der Waals surface area contributed by atoms with Gasteiger partial charge >= 0.3 is 0 Å². The molecule has 19 heavy (non-hydrogen) atoms. The lowest BCUT2D eigenvalue weighted by Crippen LogP contribution is -2.68. The highest BCUT2D eigenvalue weighted by molar-refractivity contribution is 5.85. The number of ether oxygens (including phenoxy) is 1. The monoisotopic (exact) mass is 288 g/mol. The summed E-state index contributed by atoms with van der Waals surface area (Å²) in [5.74, 6) is 0.207. The Morgan fingerprint density at radius 2 is 2.21 bits per heavy atom. The average Bonchev–Trinajstić information content (AvgIpc) is 2.78. The fraction of sp³-hybridized carbons (Fsp3) is 0.929. The maximum Gasteiger partial charge on any atom is 0.237 e. The molecule has 3 fully saturated rings. The first-order valence-electron chi connectivity index (χ1n) is 7.41. The Morgan fingerprint density at radius 3 is 2.74 bits per heavy atom. The zero-order valence-electron chi connectivity index (χ0n) is 11.6. The van der Waals surface area contributed by atoms with Gasteiger partial charge in [0.05, 0.1) is 12.1 Å². The first-order chi connectivity index (χ1) is 8.76. The van der Waals surface area contributed by atoms with Crippen molar-refractivity contribution in [2.24, 2.45) is 5.41 Å². The second-order valence-corrected chi connectivity index (χ2v) is 5.98. The van der Waals surface area contributed by atoms with Crippen molar-refractivity contribution in [3.63, 3.8) is 0 Å². The summed E-state index contributed by atoms with van der Waals surface area (Å²) < 4.78 is 5.81. The molecule has 2 aliphatic carbocycles. The number of amides is 1. The molecule has 2 saturated carbocycles. The molecule has 3 aliphatic rings. The van der Waals surface area contributed by atoms with Gasteiger partial charge in [-0.05, 0) is 45.6 Å². The molecule has 0 aromatic carbocycles. The molecule has 1 spiro atoms. The van der Waals surface area contributed by atoms with Gasteiger partial charge in [-0.3, -0.25) is 4.79 Å². The molecule has 1 saturated heterocycles. The first-order valence-corrected chi connectivity index (χ1v) is 7.41. The first kappa shape index (κ1) is 15.1. The molecule has 3 atom stereocenters. The summed E-state index contributed by atoms with van der Waals surface area (Å²) in [5, 5.41) is 6.52. The Kier molecular flexibility index (Phi) is 4.75. The minimum Gasteiger partial charge on any atom is -0.378 e. The summed E-state index contributed by atoms with van der Waals surface area (Å²) in [6, 6.07) is 0.408. The molecule has 5 heteroatoms. The van der Waals surface area contributed by atoms with E-state index in [1.807, 2.05) is 0 Å². The molecule has 0 aromatic rings. The van der Waals surface area contributed by atoms with E-state index in [1.54, 1.807) is 0 Å². The van der Waals surface area contributed by atoms with Gasteiger partial charge in [-0.15, -0.1) is 12.4 Å². The van der Waals surface area contributed by atoms with Gasteiger partial charge in [0.1, 0.15) is 0 Å². The lowest BCUT2D eigenvalue weighted by molar-refractivity contribution is -0.176. The molecule has 1 amide bonds. The highest BCUT2D eigenvalue weighted by atomic mass is 35.5. The largest absolute Gasteiger partial charge is 0.378 e. The van der Waals surface area contributed by atoms with Gasteiger partial charge in [0.2, 0.25) is 5.91 Å². The van der Waals surface area contributed by atoms with Gasteiger partial charge in [0.15, 0.2) is 0 Å². The van der Waals surface area contributed by atoms with Crippen molar-refractivity contribution in [2.75, 3.05) is 13.2 Å². The second-order valence-electron chi connectivity index (χ2n) is 5.98. The molecule has 1 aliphatic heterocycles. The fourth-order valence-electron chi connectivity index (χ4n) is 3.82. The molecule has 3 unspecified atom stereocenters. The smallest absolute Gasteiger partial charge is 0.237 e. The number of nitrogens with one attached hydrogen (secondary N) is 2. The zero-order chi connectivity index (χ0) is 12.6. The highest BCUT2D eigenvalue weighted by Gasteiger charge is 2.59. The third-order valence-corrected chi connectivity index (χ3v) is 5.13. The molecule has 3 rings (SSSR count). The normalized spacial score (nSPS) is 35.1. The van der Waals surface area contributed by atoms with E-state index in [-0.39, 0.29) is 29.8 Å². The van der Waals surface area contributed by atoms with Crippen LogP contribution in [0, 0.1) is 5.41 Å². The van der Waals surface area contributed by atoms with Crippen LogP contribution in [0.15, 0.2) is 0 Å². The molecule has 4 nitrogen and oxygen atoms in total. The standard InChI is InChI=1S/C14H24N2O2.ClH/c1-2-18-12-9-11(14(12)6-4-7-14)16-13(17)10-5-3-8-15-10;/h10-12,15H,2-9H2,1H3,(H,16,17);1H. The third kappa shape index (κ3) is 2.50. The number of carbonyl (C=O) groups is 1. The topological polar surface area (TPSA) is 50.4 Å². The number of hydrogen-bond acceptors (Lipinski definition) is 3. The van der Waals surface area contributed by atoms with Crippen LogP contribution in [0.25, 0.3) is 0 Å². The lowest BCUT2D eigenvalue weighted by atomic mass is 9.51. The van der Waals surface area contributed by atoms with Crippen LogP contribution < -0.4 is 10.6 Å². The molecule has 1 heterocycles. The SMILES string of the molecule is CCOC1CC(NC(=O)C2CCCN2)C12CCC2.Cl. The van der Waals surface area contributed by atoms with Gasteiger partial charge in [0, 0.05) is 18.1 Å². The van der Waals surface area contributed by atoms with Crippen LogP contribution in [0.3, 0.4) is 0 Å². The highest BCUT2D eigenvalue weighted by Crippen LogP contribution is 2.57. The van der Waals surface area contributed by atoms with E-state index in [0.717, 1.165) is 32.4 Å². The molecule has 0 radical (unpaired) electrons. The Hall–Kier alpha value is -0.320. The van der Waals surface area contributed by atoms with Crippen molar-refractivity contribution in [1.82, 2.24) is 10.6 Å². The van der Waals surface area contributed by atoms with Gasteiger partial charge in [-0.1, -0.05) is 6.42 Å². The molecule has 110 valence electrons. The second kappa shape index (κ2) is 5.98. The Morgan fingerprint density at radius 1 is 1.42 bits per heavy atom. The average molecular weight is 289 g/mol. The minimum absolute atomic E-state index is 0. The van der Waals surface area contributed by atoms with E-state index < -0.39 is 0 Å². The van der Waals surface area contributed by atoms with E-state index in [1.165, 1.54) is 19.3 Å². The zero-order valence-corrected chi connectivity index (χ0v) is 12.4. The maximum atomic E-state index is 12.1. The fourth-order valence-corrected chi connectivity index (χ4v) is 3.82. The summed E-state index contributed by atoms with van der Waals surface area (Å²) >= 11 is 0. The van der Waals surface area contributed by atoms with E-state index >= 15 is 0 Å². The van der Waals surface area contributed by atoms with Crippen molar-refractivity contribution >= 4 is 18.3 Å². The van der Waals surface area contributed by atoms with Gasteiger partial charge in [-0.25, -0.2) is 0 Å². The summed E-state index contributed by atoms with van der Waals surface area (Å²) in [6.45, 7) is 3.83. The number of halogens is 1. The summed E-state index contributed by atoms with van der Waals surface area (Å²) in [4.78, 5) is 12.1. The summed E-state index contributed by atoms with van der Waals surface area (Å²) in [5.41, 5.74) is 0.282. The van der Waals surface area contributed by atoms with Crippen LogP contribution in [0.1, 0.15) is 45.4 Å². The Bertz CT molecular complexity index is 327. The van der Waals surface area contributed by atoms with Gasteiger partial charge in [0.25, 0.3) is 0 Å². The maximum absolute atomic E-state index is 12.1. The van der Waals surface area contributed by atoms with Crippen molar-refractivity contribution in [3.05, 3.63) is 0 Å². The predicted octanol–water partition coefficient (Wildman–Crippen LogP) is 1.62. The summed E-state index contributed by atoms with van der Waals surface area (Å²) in [7, 11) is 0. The van der Waals surface area contributed by atoms with Crippen LogP contribution in [0.4, 0.5) is 0 Å². The van der Waals surface area contributed by atoms with Crippen LogP contribution in [-0.2, 0) is 9.53 Å². The van der Waals surface area contributed by atoms with Crippen molar-refractivity contribution < 1.29 is 9.53 Å². The van der Waals surface area contributed by atoms with Crippen LogP contribution in [-0.4, -0.2) is 37.2 Å². The number of carbonyl (C=O) groups excluding carboxylic acids is 1. The Labute approximate surface area is 121 Å². The molecular formula is C14H25ClN2O2. The quantitative estimate of drug-likeness (QED) is 0.827. The number of hydrogen-bond donors (Lipinski definition) is 2. The number of rotatable bonds is 4. The van der Waals surface area contributed by atoms with E-state index in [9.17, 15) is 4.79 Å². The predicted molar refractivity (Wildman–Crippen MR) is 76.5 cm³/mol. The van der Waals surface area contributed by atoms with Crippen molar-refractivity contribution in [3.8, 4) is 0 Å². The molecular weight excluding hydrogens is 264 g/mol. The molecule has 0 bridgehead atoms. The van der Waals surface area contributed by atoms with E-state index in [4.69, 9.17) is 4.74 Å². The lowest BCUT2D eigenvalue weighted by Gasteiger charge is -2.61. The van der Waals surface area contributed by atoms with Gasteiger partial charge in [-0.2, -0.15) is 0 Å². The van der Waals surface area contributed by atoms with Crippen molar-refractivity contribution in [1.29, 1.82) is 0 Å². The van der Waals surface area contributed by atoms with Crippen molar-refractivity contribution in [2.45, 2.75) is 63.6 Å². The summed E-state index contributed by atoms with van der Waals surface area (Å²) in [6.07, 6.45) is 7.24. The third-order valence-electron chi connectivity index (χ3n) is 5.13. The van der Waals surface area contributed by atoms with Gasteiger partial charge < -0.3 is 15.4 Å². The van der Waals surface area contributed by atoms with E-state index in [2.05, 4.69) is 17.6 Å². The molecule has 2 N–H and O–H groups in total. The van der Waals surface area contributed by atoms with Crippen LogP contribution in [0.5, 0.6) is 0 Å². The van der Waals surface area contributed by atoms with Crippen LogP contribution >= 0.6 is 12.4 Å². The Balaban J connectivity index is 0.00000133. The van der Waals surface area contributed by atoms with Crippen LogP contribution in [0.2, 0.25) is 0 Å². The van der Waals surface area contributed by atoms with E-state index in [0.29, 0.717) is 12.1 Å². The molecule has 0 aromatic heterocycles. The minimum atomic E-state index is 0.